The smallest absolute Gasteiger partial charge is 0.426 e. The van der Waals surface area contributed by atoms with E-state index in [4.69, 9.17) is 4.74 Å². The molecule has 0 fully saturated rings. The average molecular weight is 424 g/mol. The number of benzene rings is 2. The van der Waals surface area contributed by atoms with Crippen LogP contribution in [0.25, 0.3) is 0 Å². The number of aryl methyl sites for hydroxylation is 1. The highest BCUT2D eigenvalue weighted by atomic mass is 32.2. The highest BCUT2D eigenvalue weighted by Crippen LogP contribution is 2.32. The van der Waals surface area contributed by atoms with Gasteiger partial charge in [-0.1, -0.05) is 47.5 Å². The summed E-state index contributed by atoms with van der Waals surface area (Å²) < 4.78 is 59.6. The fourth-order valence-corrected chi connectivity index (χ4v) is 4.09. The normalized spacial score (nSPS) is 14.6. The van der Waals surface area contributed by atoms with E-state index in [0.717, 1.165) is 11.1 Å². The van der Waals surface area contributed by atoms with Crippen molar-refractivity contribution in [2.75, 3.05) is 0 Å². The van der Waals surface area contributed by atoms with Crippen molar-refractivity contribution in [3.05, 3.63) is 77.4 Å². The van der Waals surface area contributed by atoms with E-state index in [0.29, 0.717) is 0 Å². The van der Waals surface area contributed by atoms with E-state index in [2.05, 4.69) is 0 Å². The summed E-state index contributed by atoms with van der Waals surface area (Å²) in [6.45, 7) is 5.31. The van der Waals surface area contributed by atoms with E-state index >= 15 is 0 Å². The summed E-state index contributed by atoms with van der Waals surface area (Å²) in [5, 5.41) is -1.47. The molecule has 2 aromatic carbocycles. The second-order valence-electron chi connectivity index (χ2n) is 6.90. The summed E-state index contributed by atoms with van der Waals surface area (Å²) in [6, 6.07) is 13.9. The fraction of sp³-hybridized carbons (Fsp3) is 0.318. The highest BCUT2D eigenvalue weighted by molar-refractivity contribution is 7.85. The zero-order chi connectivity index (χ0) is 21.6. The highest BCUT2D eigenvalue weighted by Gasteiger charge is 2.50. The molecule has 0 aliphatic heterocycles. The van der Waals surface area contributed by atoms with Crippen LogP contribution >= 0.6 is 0 Å². The Bertz CT molecular complexity index is 870. The Labute approximate surface area is 171 Å². The molecule has 0 radical (unpaired) electrons. The molecule has 7 heteroatoms. The van der Waals surface area contributed by atoms with E-state index in [1.807, 2.05) is 6.92 Å². The topological polar surface area (TPSA) is 43.4 Å². The maximum absolute atomic E-state index is 13.9. The van der Waals surface area contributed by atoms with Crippen molar-refractivity contribution in [2.24, 2.45) is 0 Å². The Hall–Kier alpha value is -2.41. The fourth-order valence-electron chi connectivity index (χ4n) is 2.63. The number of esters is 1. The second-order valence-corrected chi connectivity index (χ2v) is 8.57. The minimum absolute atomic E-state index is 0.00355. The third-order valence-electron chi connectivity index (χ3n) is 4.19. The summed E-state index contributed by atoms with van der Waals surface area (Å²) in [7, 11) is -2.04. The van der Waals surface area contributed by atoms with Crippen LogP contribution in [0.4, 0.5) is 13.2 Å². The van der Waals surface area contributed by atoms with E-state index in [9.17, 15) is 22.2 Å². The molecule has 0 aliphatic rings. The number of hydrogen-bond acceptors (Lipinski definition) is 3. The van der Waals surface area contributed by atoms with Crippen LogP contribution in [-0.4, -0.2) is 27.7 Å². The molecule has 0 saturated heterocycles. The molecule has 3 atom stereocenters. The van der Waals surface area contributed by atoms with Gasteiger partial charge in [0.15, 0.2) is 0 Å². The van der Waals surface area contributed by atoms with Crippen LogP contribution in [0.5, 0.6) is 0 Å². The molecule has 2 aromatic rings. The summed E-state index contributed by atoms with van der Waals surface area (Å²) >= 11 is 0. The van der Waals surface area contributed by atoms with Crippen LogP contribution < -0.4 is 0 Å². The summed E-state index contributed by atoms with van der Waals surface area (Å²) in [6.07, 6.45) is -5.95. The van der Waals surface area contributed by atoms with E-state index in [1.165, 1.54) is 36.4 Å². The van der Waals surface area contributed by atoms with Crippen molar-refractivity contribution >= 4 is 16.8 Å². The van der Waals surface area contributed by atoms with Crippen molar-refractivity contribution < 1.29 is 26.9 Å². The van der Waals surface area contributed by atoms with Crippen molar-refractivity contribution in [1.29, 1.82) is 0 Å². The van der Waals surface area contributed by atoms with Crippen molar-refractivity contribution in [3.8, 4) is 0 Å². The first-order valence-electron chi connectivity index (χ1n) is 9.03. The van der Waals surface area contributed by atoms with Gasteiger partial charge in [-0.05, 0) is 51.5 Å². The molecule has 0 aliphatic carbocycles. The van der Waals surface area contributed by atoms with Crippen LogP contribution in [0.15, 0.2) is 71.1 Å². The zero-order valence-corrected chi connectivity index (χ0v) is 17.2. The molecular weight excluding hydrogens is 401 g/mol. The zero-order valence-electron chi connectivity index (χ0n) is 16.4. The quantitative estimate of drug-likeness (QED) is 0.428. The summed E-state index contributed by atoms with van der Waals surface area (Å²) in [5.74, 6) is -1.10. The summed E-state index contributed by atoms with van der Waals surface area (Å²) in [5.41, 5.74) is 1.68. The van der Waals surface area contributed by atoms with Crippen molar-refractivity contribution in [3.63, 3.8) is 0 Å². The van der Waals surface area contributed by atoms with E-state index in [1.54, 1.807) is 38.1 Å². The lowest BCUT2D eigenvalue weighted by molar-refractivity contribution is -0.204. The third-order valence-corrected chi connectivity index (χ3v) is 5.92. The predicted molar refractivity (Wildman–Crippen MR) is 107 cm³/mol. The maximum atomic E-state index is 13.9. The Balaban J connectivity index is 2.41. The van der Waals surface area contributed by atoms with Gasteiger partial charge < -0.3 is 4.74 Å². The molecular formula is C22H23F3O3S. The number of rotatable bonds is 7. The number of allylic oxidation sites excluding steroid dienone is 2. The summed E-state index contributed by atoms with van der Waals surface area (Å²) in [4.78, 5) is 12.6. The molecule has 0 unspecified atom stereocenters. The first kappa shape index (κ1) is 22.9. The second kappa shape index (κ2) is 9.87. The number of carbonyl (C=O) groups is 1. The number of hydrogen-bond donors (Lipinski definition) is 0. The maximum Gasteiger partial charge on any atom is 0.426 e. The Kier molecular flexibility index (Phi) is 7.79. The van der Waals surface area contributed by atoms with Crippen LogP contribution in [0.3, 0.4) is 0 Å². The minimum Gasteiger partial charge on any atom is -0.448 e. The molecule has 0 aromatic heterocycles. The van der Waals surface area contributed by atoms with Gasteiger partial charge in [-0.3, -0.25) is 4.21 Å². The molecule has 0 saturated carbocycles. The Morgan fingerprint density at radius 1 is 1.07 bits per heavy atom. The van der Waals surface area contributed by atoms with Crippen LogP contribution in [0.1, 0.15) is 36.2 Å². The van der Waals surface area contributed by atoms with Gasteiger partial charge in [0.25, 0.3) is 0 Å². The average Bonchev–Trinajstić information content (AvgIpc) is 2.67. The molecule has 3 nitrogen and oxygen atoms in total. The van der Waals surface area contributed by atoms with Gasteiger partial charge in [0, 0.05) is 4.90 Å². The number of carbonyl (C=O) groups excluding carboxylic acids is 1. The number of alkyl halides is 3. The molecule has 0 amide bonds. The minimum atomic E-state index is -4.87. The molecule has 0 heterocycles. The molecule has 0 spiro atoms. The Morgan fingerprint density at radius 3 is 2.17 bits per heavy atom. The van der Waals surface area contributed by atoms with Gasteiger partial charge >= 0.3 is 12.1 Å². The molecule has 0 N–H and O–H groups in total. The van der Waals surface area contributed by atoms with Gasteiger partial charge in [0.1, 0.15) is 0 Å². The largest absolute Gasteiger partial charge is 0.448 e. The molecule has 0 bridgehead atoms. The SMILES string of the molecule is CC(C)=CC[C@H]([C@@H](OC(=O)c1ccccc1)C(F)(F)F)[S@@](=O)c1ccc(C)cc1. The molecule has 29 heavy (non-hydrogen) atoms. The van der Waals surface area contributed by atoms with Crippen LogP contribution in [0, 0.1) is 6.92 Å². The van der Waals surface area contributed by atoms with E-state index < -0.39 is 34.3 Å². The first-order chi connectivity index (χ1) is 13.6. The lowest BCUT2D eigenvalue weighted by atomic mass is 10.1. The van der Waals surface area contributed by atoms with E-state index in [-0.39, 0.29) is 16.9 Å². The van der Waals surface area contributed by atoms with Gasteiger partial charge in [-0.25, -0.2) is 4.79 Å². The Morgan fingerprint density at radius 2 is 1.66 bits per heavy atom. The van der Waals surface area contributed by atoms with Crippen LogP contribution in [0.2, 0.25) is 0 Å². The lowest BCUT2D eigenvalue weighted by Crippen LogP contribution is -2.45. The monoisotopic (exact) mass is 424 g/mol. The van der Waals surface area contributed by atoms with Gasteiger partial charge in [0.2, 0.25) is 6.10 Å². The lowest BCUT2D eigenvalue weighted by Gasteiger charge is -2.28. The van der Waals surface area contributed by atoms with Gasteiger partial charge in [-0.15, -0.1) is 0 Å². The molecule has 156 valence electrons. The number of ether oxygens (including phenoxy) is 1. The number of halogens is 3. The molecule has 2 rings (SSSR count). The van der Waals surface area contributed by atoms with Gasteiger partial charge in [0.05, 0.1) is 21.6 Å². The third kappa shape index (κ3) is 6.56. The van der Waals surface area contributed by atoms with Crippen molar-refractivity contribution in [2.45, 2.75) is 49.6 Å². The van der Waals surface area contributed by atoms with Crippen molar-refractivity contribution in [1.82, 2.24) is 0 Å². The van der Waals surface area contributed by atoms with Gasteiger partial charge in [-0.2, -0.15) is 13.2 Å². The van der Waals surface area contributed by atoms with Crippen LogP contribution in [-0.2, 0) is 15.5 Å². The predicted octanol–water partition coefficient (Wildman–Crippen LogP) is 5.62. The first-order valence-corrected chi connectivity index (χ1v) is 10.2. The standard InChI is InChI=1S/C22H23F3O3S/c1-15(2)9-14-19(29(27)18-12-10-16(3)11-13-18)20(22(23,24)25)28-21(26)17-7-5-4-6-8-17/h4-13,19-20H,14H2,1-3H3/t19-,20-,29+/m1/s1.